The number of hydrogen-bond donors (Lipinski definition) is 2. The van der Waals surface area contributed by atoms with Crippen LogP contribution in [0.4, 0.5) is 0 Å². The number of rotatable bonds is 5. The number of amides is 2. The smallest absolute Gasteiger partial charge is 0.253 e. The number of aryl methyl sites for hydroxylation is 1. The Bertz CT molecular complexity index is 864. The van der Waals surface area contributed by atoms with Crippen molar-refractivity contribution in [3.8, 4) is 0 Å². The fourth-order valence-corrected chi connectivity index (χ4v) is 3.89. The van der Waals surface area contributed by atoms with E-state index in [-0.39, 0.29) is 23.4 Å². The predicted octanol–water partition coefficient (Wildman–Crippen LogP) is 1.96. The molecule has 2 aromatic rings. The third kappa shape index (κ3) is 5.47. The molecule has 0 bridgehead atoms. The van der Waals surface area contributed by atoms with Crippen molar-refractivity contribution in [2.45, 2.75) is 13.5 Å². The molecule has 1 aliphatic rings. The first kappa shape index (κ1) is 20.6. The van der Waals surface area contributed by atoms with Crippen LogP contribution in [-0.4, -0.2) is 49.4 Å². The molecule has 0 atom stereocenters. The van der Waals surface area contributed by atoms with E-state index in [2.05, 4.69) is 36.5 Å². The quantitative estimate of drug-likeness (QED) is 0.776. The topological polar surface area (TPSA) is 53.9 Å². The molecule has 2 N–H and O–H groups in total. The summed E-state index contributed by atoms with van der Waals surface area (Å²) in [5.41, 5.74) is 2.90. The highest BCUT2D eigenvalue weighted by atomic mass is 35.5. The van der Waals surface area contributed by atoms with Crippen LogP contribution in [0.5, 0.6) is 0 Å². The van der Waals surface area contributed by atoms with Crippen molar-refractivity contribution >= 4 is 35.0 Å². The van der Waals surface area contributed by atoms with Crippen molar-refractivity contribution in [1.82, 2.24) is 10.2 Å². The van der Waals surface area contributed by atoms with Gasteiger partial charge in [0.05, 0.1) is 43.3 Å². The molecule has 0 saturated carbocycles. The summed E-state index contributed by atoms with van der Waals surface area (Å²) < 4.78 is 0. The number of nitrogens with zero attached hydrogens (tertiary/aromatic N) is 1. The molecule has 0 unspecified atom stereocenters. The SMILES string of the molecule is Cc1cccc(C[NH+]2CCN(C(=O)CNC(=O)c3ccc(Cl)cc3Cl)CC2)c1. The average molecular weight is 421 g/mol. The third-order valence-corrected chi connectivity index (χ3v) is 5.48. The van der Waals surface area contributed by atoms with Crippen molar-refractivity contribution in [3.63, 3.8) is 0 Å². The summed E-state index contributed by atoms with van der Waals surface area (Å²) >= 11 is 11.9. The Morgan fingerprint density at radius 1 is 1.11 bits per heavy atom. The van der Waals surface area contributed by atoms with Gasteiger partial charge in [-0.2, -0.15) is 0 Å². The Labute approximate surface area is 175 Å². The van der Waals surface area contributed by atoms with Crippen LogP contribution in [0.3, 0.4) is 0 Å². The van der Waals surface area contributed by atoms with E-state index in [4.69, 9.17) is 23.2 Å². The third-order valence-electron chi connectivity index (χ3n) is 4.94. The number of quaternary nitrogens is 1. The van der Waals surface area contributed by atoms with Crippen LogP contribution in [0.15, 0.2) is 42.5 Å². The van der Waals surface area contributed by atoms with Crippen LogP contribution < -0.4 is 10.2 Å². The molecule has 0 aliphatic carbocycles. The lowest BCUT2D eigenvalue weighted by molar-refractivity contribution is -0.917. The van der Waals surface area contributed by atoms with Crippen molar-refractivity contribution < 1.29 is 14.5 Å². The molecule has 3 rings (SSSR count). The maximum absolute atomic E-state index is 12.4. The Hall–Kier alpha value is -2.08. The highest BCUT2D eigenvalue weighted by Crippen LogP contribution is 2.20. The Morgan fingerprint density at radius 2 is 1.86 bits per heavy atom. The van der Waals surface area contributed by atoms with Crippen molar-refractivity contribution in [1.29, 1.82) is 0 Å². The summed E-state index contributed by atoms with van der Waals surface area (Å²) in [6.07, 6.45) is 0. The Kier molecular flexibility index (Phi) is 6.94. The van der Waals surface area contributed by atoms with E-state index < -0.39 is 0 Å². The van der Waals surface area contributed by atoms with Gasteiger partial charge in [-0.15, -0.1) is 0 Å². The summed E-state index contributed by atoms with van der Waals surface area (Å²) in [5.74, 6) is -0.452. The molecule has 1 aliphatic heterocycles. The second-order valence-corrected chi connectivity index (χ2v) is 7.95. The highest BCUT2D eigenvalue weighted by Gasteiger charge is 2.24. The minimum Gasteiger partial charge on any atom is -0.343 e. The average Bonchev–Trinajstić information content (AvgIpc) is 2.66. The second kappa shape index (κ2) is 9.41. The van der Waals surface area contributed by atoms with Gasteiger partial charge < -0.3 is 15.1 Å². The molecule has 0 spiro atoms. The lowest BCUT2D eigenvalue weighted by Gasteiger charge is -2.32. The molecule has 2 amide bonds. The molecule has 0 radical (unpaired) electrons. The number of piperazine rings is 1. The molecule has 148 valence electrons. The summed E-state index contributed by atoms with van der Waals surface area (Å²) in [5, 5.41) is 3.38. The molecule has 1 fully saturated rings. The molecule has 5 nitrogen and oxygen atoms in total. The van der Waals surface area contributed by atoms with E-state index in [1.165, 1.54) is 22.1 Å². The summed E-state index contributed by atoms with van der Waals surface area (Å²) in [6, 6.07) is 13.2. The van der Waals surface area contributed by atoms with E-state index in [9.17, 15) is 9.59 Å². The van der Waals surface area contributed by atoms with Gasteiger partial charge in [-0.25, -0.2) is 0 Å². The normalized spacial score (nSPS) is 14.8. The molecule has 0 aromatic heterocycles. The number of hydrogen-bond acceptors (Lipinski definition) is 2. The van der Waals surface area contributed by atoms with Gasteiger partial charge in [-0.05, 0) is 25.1 Å². The first-order valence-corrected chi connectivity index (χ1v) is 10.1. The summed E-state index contributed by atoms with van der Waals surface area (Å²) in [4.78, 5) is 27.9. The Balaban J connectivity index is 1.45. The molecule has 1 saturated heterocycles. The Morgan fingerprint density at radius 3 is 2.54 bits per heavy atom. The number of nitrogens with one attached hydrogen (secondary N) is 2. The van der Waals surface area contributed by atoms with Gasteiger partial charge in [0.1, 0.15) is 6.54 Å². The van der Waals surface area contributed by atoms with Gasteiger partial charge in [0.15, 0.2) is 0 Å². The first-order chi connectivity index (χ1) is 13.4. The van der Waals surface area contributed by atoms with Crippen LogP contribution >= 0.6 is 23.2 Å². The predicted molar refractivity (Wildman–Crippen MR) is 111 cm³/mol. The zero-order valence-corrected chi connectivity index (χ0v) is 17.3. The monoisotopic (exact) mass is 420 g/mol. The molecule has 7 heteroatoms. The minimum atomic E-state index is -0.376. The molecule has 1 heterocycles. The largest absolute Gasteiger partial charge is 0.343 e. The van der Waals surface area contributed by atoms with E-state index in [0.29, 0.717) is 23.7 Å². The highest BCUT2D eigenvalue weighted by molar-refractivity contribution is 6.36. The molecule has 2 aromatic carbocycles. The number of carbonyl (C=O) groups is 2. The number of carbonyl (C=O) groups excluding carboxylic acids is 2. The van der Waals surface area contributed by atoms with Crippen molar-refractivity contribution in [3.05, 3.63) is 69.2 Å². The zero-order chi connectivity index (χ0) is 20.1. The fraction of sp³-hybridized carbons (Fsp3) is 0.333. The molecule has 28 heavy (non-hydrogen) atoms. The van der Waals surface area contributed by atoms with E-state index >= 15 is 0 Å². The molecular formula is C21H24Cl2N3O2+. The van der Waals surface area contributed by atoms with Crippen LogP contribution in [0.2, 0.25) is 10.0 Å². The van der Waals surface area contributed by atoms with E-state index in [0.717, 1.165) is 19.6 Å². The zero-order valence-electron chi connectivity index (χ0n) is 15.8. The van der Waals surface area contributed by atoms with Crippen LogP contribution in [0, 0.1) is 6.92 Å². The van der Waals surface area contributed by atoms with Gasteiger partial charge in [0.25, 0.3) is 5.91 Å². The van der Waals surface area contributed by atoms with Crippen LogP contribution in [0.25, 0.3) is 0 Å². The maximum Gasteiger partial charge on any atom is 0.253 e. The first-order valence-electron chi connectivity index (χ1n) is 9.32. The van der Waals surface area contributed by atoms with Crippen molar-refractivity contribution in [2.24, 2.45) is 0 Å². The lowest BCUT2D eigenvalue weighted by Crippen LogP contribution is -3.13. The van der Waals surface area contributed by atoms with Gasteiger partial charge in [0.2, 0.25) is 5.91 Å². The van der Waals surface area contributed by atoms with Gasteiger partial charge in [-0.1, -0.05) is 53.0 Å². The van der Waals surface area contributed by atoms with E-state index in [1.54, 1.807) is 12.1 Å². The lowest BCUT2D eigenvalue weighted by atomic mass is 10.1. The van der Waals surface area contributed by atoms with Gasteiger partial charge >= 0.3 is 0 Å². The van der Waals surface area contributed by atoms with Crippen molar-refractivity contribution in [2.75, 3.05) is 32.7 Å². The fourth-order valence-electron chi connectivity index (χ4n) is 3.40. The standard InChI is InChI=1S/C21H23Cl2N3O2/c1-15-3-2-4-16(11-15)14-25-7-9-26(10-8-25)20(27)13-24-21(28)18-6-5-17(22)12-19(18)23/h2-6,11-12H,7-10,13-14H2,1H3,(H,24,28)/p+1. The van der Waals surface area contributed by atoms with Gasteiger partial charge in [0, 0.05) is 10.6 Å². The summed E-state index contributed by atoms with van der Waals surface area (Å²) in [7, 11) is 0. The number of halogens is 2. The van der Waals surface area contributed by atoms with Gasteiger partial charge in [-0.3, -0.25) is 9.59 Å². The summed E-state index contributed by atoms with van der Waals surface area (Å²) in [6.45, 7) is 6.21. The van der Waals surface area contributed by atoms with Crippen LogP contribution in [0.1, 0.15) is 21.5 Å². The minimum absolute atomic E-state index is 0.0367. The second-order valence-electron chi connectivity index (χ2n) is 7.10. The van der Waals surface area contributed by atoms with Crippen LogP contribution in [-0.2, 0) is 11.3 Å². The maximum atomic E-state index is 12.4. The number of benzene rings is 2. The molecular weight excluding hydrogens is 397 g/mol. The van der Waals surface area contributed by atoms with E-state index in [1.807, 2.05) is 4.90 Å².